The van der Waals surface area contributed by atoms with Gasteiger partial charge in [0.2, 0.25) is 0 Å². The van der Waals surface area contributed by atoms with E-state index in [4.69, 9.17) is 0 Å². The maximum Gasteiger partial charge on any atom is 0.182 e. The van der Waals surface area contributed by atoms with Crippen LogP contribution in [0.5, 0.6) is 0 Å². The predicted molar refractivity (Wildman–Crippen MR) is 88.4 cm³/mol. The largest absolute Gasteiger partial charge is 0.350 e. The van der Waals surface area contributed by atoms with E-state index in [1.807, 2.05) is 13.8 Å². The zero-order valence-electron chi connectivity index (χ0n) is 13.5. The van der Waals surface area contributed by atoms with Crippen LogP contribution >= 0.6 is 0 Å². The van der Waals surface area contributed by atoms with Gasteiger partial charge >= 0.3 is 0 Å². The fourth-order valence-corrected chi connectivity index (χ4v) is 4.51. The number of hydrogen-bond acceptors (Lipinski definition) is 4. The van der Waals surface area contributed by atoms with Crippen LogP contribution in [-0.2, 0) is 16.3 Å². The fourth-order valence-electron chi connectivity index (χ4n) is 2.91. The number of rotatable bonds is 5. The summed E-state index contributed by atoms with van der Waals surface area (Å²) in [5, 5.41) is -0.238. The number of H-pyrrole nitrogens is 1. The molecule has 2 heterocycles. The number of carbonyl (C=O) groups is 1. The molecule has 0 radical (unpaired) electrons. The second-order valence-electron chi connectivity index (χ2n) is 6.01. The normalized spacial score (nSPS) is 14.9. The van der Waals surface area contributed by atoms with Crippen LogP contribution in [0.2, 0.25) is 0 Å². The number of carbonyl (C=O) groups excluding carboxylic acids is 1. The average molecular weight is 332 g/mol. The SMILES string of the molecule is CCc1c(-c2ccc(S(=O)(=O)C3CC3)cn2)[nH]c(C(C)=O)c1C. The van der Waals surface area contributed by atoms with Crippen molar-refractivity contribution in [3.8, 4) is 11.4 Å². The first-order chi connectivity index (χ1) is 10.9. The summed E-state index contributed by atoms with van der Waals surface area (Å²) >= 11 is 0. The highest BCUT2D eigenvalue weighted by atomic mass is 32.2. The Kier molecular flexibility index (Phi) is 3.88. The molecule has 23 heavy (non-hydrogen) atoms. The standard InChI is InChI=1S/C17H20N2O3S/c1-4-14-10(2)16(11(3)20)19-17(14)15-8-7-13(9-18-15)23(21,22)12-5-6-12/h7-9,12,19H,4-6H2,1-3H3. The van der Waals surface area contributed by atoms with E-state index in [1.165, 1.54) is 13.1 Å². The minimum Gasteiger partial charge on any atom is -0.350 e. The Morgan fingerprint density at radius 2 is 2.04 bits per heavy atom. The first kappa shape index (κ1) is 15.9. The van der Waals surface area contributed by atoms with E-state index in [1.54, 1.807) is 12.1 Å². The van der Waals surface area contributed by atoms with Gasteiger partial charge in [0.1, 0.15) is 0 Å². The molecule has 0 unspecified atom stereocenters. The van der Waals surface area contributed by atoms with E-state index in [0.717, 1.165) is 36.1 Å². The number of nitrogens with zero attached hydrogens (tertiary/aromatic N) is 1. The number of pyridine rings is 1. The van der Waals surface area contributed by atoms with Crippen LogP contribution in [0.1, 0.15) is 48.3 Å². The number of aromatic amines is 1. The smallest absolute Gasteiger partial charge is 0.182 e. The molecule has 2 aromatic rings. The minimum atomic E-state index is -3.22. The van der Waals surface area contributed by atoms with Crippen molar-refractivity contribution in [3.63, 3.8) is 0 Å². The number of Topliss-reactive ketones (excluding diaryl/α,β-unsaturated/α-hetero) is 1. The highest BCUT2D eigenvalue weighted by Gasteiger charge is 2.37. The van der Waals surface area contributed by atoms with E-state index in [2.05, 4.69) is 9.97 Å². The number of sulfone groups is 1. The Labute approximate surface area is 136 Å². The first-order valence-corrected chi connectivity index (χ1v) is 9.33. The highest BCUT2D eigenvalue weighted by Crippen LogP contribution is 2.34. The van der Waals surface area contributed by atoms with Crippen molar-refractivity contribution in [3.05, 3.63) is 35.2 Å². The van der Waals surface area contributed by atoms with Gasteiger partial charge in [0.15, 0.2) is 15.6 Å². The molecule has 0 aliphatic heterocycles. The lowest BCUT2D eigenvalue weighted by atomic mass is 10.0. The minimum absolute atomic E-state index is 0.0172. The zero-order valence-corrected chi connectivity index (χ0v) is 14.3. The third-order valence-electron chi connectivity index (χ3n) is 4.37. The highest BCUT2D eigenvalue weighted by molar-refractivity contribution is 7.92. The van der Waals surface area contributed by atoms with Crippen LogP contribution in [0.25, 0.3) is 11.4 Å². The Morgan fingerprint density at radius 3 is 2.52 bits per heavy atom. The van der Waals surface area contributed by atoms with Crippen molar-refractivity contribution in [2.45, 2.75) is 50.2 Å². The summed E-state index contributed by atoms with van der Waals surface area (Å²) in [6, 6.07) is 3.32. The molecule has 0 atom stereocenters. The summed E-state index contributed by atoms with van der Waals surface area (Å²) in [4.78, 5) is 19.5. The fraction of sp³-hybridized carbons (Fsp3) is 0.412. The van der Waals surface area contributed by atoms with Gasteiger partial charge in [-0.1, -0.05) is 6.92 Å². The van der Waals surface area contributed by atoms with Crippen molar-refractivity contribution in [1.29, 1.82) is 0 Å². The van der Waals surface area contributed by atoms with Crippen LogP contribution in [0.4, 0.5) is 0 Å². The topological polar surface area (TPSA) is 79.9 Å². The molecule has 1 aliphatic carbocycles. The summed E-state index contributed by atoms with van der Waals surface area (Å²) in [6.07, 6.45) is 3.67. The van der Waals surface area contributed by atoms with Crippen molar-refractivity contribution < 1.29 is 13.2 Å². The Bertz CT molecular complexity index is 860. The van der Waals surface area contributed by atoms with Gasteiger partial charge in [-0.05, 0) is 49.4 Å². The lowest BCUT2D eigenvalue weighted by molar-refractivity contribution is 0.101. The van der Waals surface area contributed by atoms with Gasteiger partial charge in [-0.15, -0.1) is 0 Å². The van der Waals surface area contributed by atoms with Gasteiger partial charge in [0, 0.05) is 13.1 Å². The van der Waals surface area contributed by atoms with E-state index in [9.17, 15) is 13.2 Å². The van der Waals surface area contributed by atoms with Crippen LogP contribution < -0.4 is 0 Å². The Morgan fingerprint density at radius 1 is 1.35 bits per heavy atom. The van der Waals surface area contributed by atoms with Gasteiger partial charge in [-0.25, -0.2) is 8.42 Å². The van der Waals surface area contributed by atoms with Gasteiger partial charge in [-0.2, -0.15) is 0 Å². The number of aromatic nitrogens is 2. The van der Waals surface area contributed by atoms with Crippen LogP contribution in [0.3, 0.4) is 0 Å². The van der Waals surface area contributed by atoms with Gasteiger partial charge in [0.05, 0.1) is 27.2 Å². The van der Waals surface area contributed by atoms with Crippen molar-refractivity contribution >= 4 is 15.6 Å². The molecule has 0 spiro atoms. The molecule has 1 fully saturated rings. The molecule has 0 saturated heterocycles. The molecule has 0 amide bonds. The summed E-state index contributed by atoms with van der Waals surface area (Å²) in [7, 11) is -3.22. The molecule has 3 rings (SSSR count). The second-order valence-corrected chi connectivity index (χ2v) is 8.24. The summed E-state index contributed by atoms with van der Waals surface area (Å²) < 4.78 is 24.4. The molecule has 2 aromatic heterocycles. The molecular formula is C17H20N2O3S. The van der Waals surface area contributed by atoms with E-state index in [0.29, 0.717) is 11.4 Å². The van der Waals surface area contributed by atoms with E-state index >= 15 is 0 Å². The van der Waals surface area contributed by atoms with Crippen molar-refractivity contribution in [2.75, 3.05) is 0 Å². The molecule has 6 heteroatoms. The van der Waals surface area contributed by atoms with Crippen LogP contribution in [-0.4, -0.2) is 29.4 Å². The maximum absolute atomic E-state index is 12.2. The summed E-state index contributed by atoms with van der Waals surface area (Å²) in [5.74, 6) is -0.0172. The van der Waals surface area contributed by atoms with Gasteiger partial charge in [0.25, 0.3) is 0 Å². The molecule has 5 nitrogen and oxygen atoms in total. The molecule has 0 aromatic carbocycles. The third-order valence-corrected chi connectivity index (χ3v) is 6.62. The Balaban J connectivity index is 2.03. The monoisotopic (exact) mass is 332 g/mol. The van der Waals surface area contributed by atoms with Crippen LogP contribution in [0, 0.1) is 6.92 Å². The number of nitrogens with one attached hydrogen (secondary N) is 1. The molecule has 1 N–H and O–H groups in total. The third kappa shape index (κ3) is 2.72. The van der Waals surface area contributed by atoms with E-state index < -0.39 is 9.84 Å². The molecular weight excluding hydrogens is 312 g/mol. The lowest BCUT2D eigenvalue weighted by Gasteiger charge is -2.05. The number of hydrogen-bond donors (Lipinski definition) is 1. The average Bonchev–Trinajstić information content (AvgIpc) is 3.31. The molecule has 122 valence electrons. The first-order valence-electron chi connectivity index (χ1n) is 7.79. The molecule has 1 saturated carbocycles. The summed E-state index contributed by atoms with van der Waals surface area (Å²) in [6.45, 7) is 5.47. The predicted octanol–water partition coefficient (Wildman–Crippen LogP) is 3.09. The quantitative estimate of drug-likeness (QED) is 0.853. The maximum atomic E-state index is 12.2. The van der Waals surface area contributed by atoms with Crippen molar-refractivity contribution in [2.24, 2.45) is 0 Å². The van der Waals surface area contributed by atoms with Gasteiger partial charge in [-0.3, -0.25) is 9.78 Å². The zero-order chi connectivity index (χ0) is 16.8. The van der Waals surface area contributed by atoms with Gasteiger partial charge < -0.3 is 4.98 Å². The summed E-state index contributed by atoms with van der Waals surface area (Å²) in [5.41, 5.74) is 4.03. The number of ketones is 1. The lowest BCUT2D eigenvalue weighted by Crippen LogP contribution is -2.07. The Hall–Kier alpha value is -1.95. The second kappa shape index (κ2) is 5.60. The van der Waals surface area contributed by atoms with Crippen molar-refractivity contribution in [1.82, 2.24) is 9.97 Å². The molecule has 0 bridgehead atoms. The van der Waals surface area contributed by atoms with Crippen LogP contribution in [0.15, 0.2) is 23.2 Å². The van der Waals surface area contributed by atoms with E-state index in [-0.39, 0.29) is 15.9 Å². The molecule has 1 aliphatic rings.